The van der Waals surface area contributed by atoms with Crippen LogP contribution in [0.2, 0.25) is 0 Å². The number of carboxylic acids is 1. The second-order valence-electron chi connectivity index (χ2n) is 3.73. The molecule has 0 radical (unpaired) electrons. The molecule has 0 unspecified atom stereocenters. The first kappa shape index (κ1) is 13.2. The van der Waals surface area contributed by atoms with Gasteiger partial charge >= 0.3 is 11.7 Å². The largest absolute Gasteiger partial charge is 0.478 e. The van der Waals surface area contributed by atoms with Gasteiger partial charge < -0.3 is 10.8 Å². The van der Waals surface area contributed by atoms with Gasteiger partial charge in [-0.2, -0.15) is 5.11 Å². The van der Waals surface area contributed by atoms with Crippen LogP contribution in [0.15, 0.2) is 44.1 Å². The van der Waals surface area contributed by atoms with E-state index >= 15 is 0 Å². The summed E-state index contributed by atoms with van der Waals surface area (Å²) in [6.07, 6.45) is 0. The summed E-state index contributed by atoms with van der Waals surface area (Å²) in [7, 11) is 0. The van der Waals surface area contributed by atoms with Crippen molar-refractivity contribution < 1.29 is 9.90 Å². The van der Waals surface area contributed by atoms with E-state index in [9.17, 15) is 14.4 Å². The van der Waals surface area contributed by atoms with Gasteiger partial charge in [-0.3, -0.25) is 14.8 Å². The van der Waals surface area contributed by atoms with Gasteiger partial charge in [-0.05, 0) is 18.2 Å². The van der Waals surface area contributed by atoms with Gasteiger partial charge in [0.05, 0.1) is 11.3 Å². The zero-order chi connectivity index (χ0) is 14.7. The molecule has 5 N–H and O–H groups in total. The highest BCUT2D eigenvalue weighted by atomic mass is 16.4. The molecule has 0 spiro atoms. The fourth-order valence-corrected chi connectivity index (χ4v) is 1.41. The van der Waals surface area contributed by atoms with E-state index in [1.807, 2.05) is 4.98 Å². The fourth-order valence-electron chi connectivity index (χ4n) is 1.41. The maximum Gasteiger partial charge on any atom is 0.335 e. The molecule has 0 aliphatic heterocycles. The summed E-state index contributed by atoms with van der Waals surface area (Å²) >= 11 is 0. The van der Waals surface area contributed by atoms with Gasteiger partial charge in [-0.25, -0.2) is 9.59 Å². The summed E-state index contributed by atoms with van der Waals surface area (Å²) in [5.41, 5.74) is 3.91. The number of anilines is 1. The zero-order valence-electron chi connectivity index (χ0n) is 9.95. The molecule has 0 atom stereocenters. The SMILES string of the molecule is Nc1[nH]c(=O)[nH]c(=O)c1N=Nc1cccc(C(=O)O)c1. The number of nitrogen functional groups attached to an aromatic ring is 1. The highest BCUT2D eigenvalue weighted by Gasteiger charge is 2.06. The number of benzene rings is 1. The van der Waals surface area contributed by atoms with Crippen molar-refractivity contribution in [1.29, 1.82) is 0 Å². The third-order valence-electron chi connectivity index (χ3n) is 2.30. The molecule has 1 heterocycles. The molecular weight excluding hydrogens is 266 g/mol. The van der Waals surface area contributed by atoms with E-state index in [0.29, 0.717) is 0 Å². The average Bonchev–Trinajstić information content (AvgIpc) is 2.37. The molecule has 1 aromatic carbocycles. The number of carboxylic acid groups (broad SMARTS) is 1. The number of aromatic carboxylic acids is 1. The minimum atomic E-state index is -1.11. The zero-order valence-corrected chi connectivity index (χ0v) is 9.95. The van der Waals surface area contributed by atoms with Crippen molar-refractivity contribution in [2.75, 3.05) is 5.73 Å². The Hall–Kier alpha value is -3.23. The minimum absolute atomic E-state index is 0.0322. The van der Waals surface area contributed by atoms with Crippen molar-refractivity contribution >= 4 is 23.2 Å². The summed E-state index contributed by atoms with van der Waals surface area (Å²) < 4.78 is 0. The molecule has 0 saturated heterocycles. The van der Waals surface area contributed by atoms with Gasteiger partial charge in [0.2, 0.25) is 0 Å². The number of azo groups is 1. The summed E-state index contributed by atoms with van der Waals surface area (Å²) in [6, 6.07) is 5.66. The Morgan fingerprint density at radius 1 is 1.20 bits per heavy atom. The van der Waals surface area contributed by atoms with Crippen molar-refractivity contribution in [2.24, 2.45) is 10.2 Å². The van der Waals surface area contributed by atoms with Crippen molar-refractivity contribution in [3.8, 4) is 0 Å². The van der Waals surface area contributed by atoms with Crippen LogP contribution in [-0.4, -0.2) is 21.0 Å². The standard InChI is InChI=1S/C11H9N5O4/c12-8-7(9(17)14-11(20)13-8)16-15-6-3-1-2-5(4-6)10(18)19/h1-4H,(H,18,19)(H4,12,13,14,17,20). The Balaban J connectivity index is 2.40. The van der Waals surface area contributed by atoms with E-state index in [1.165, 1.54) is 24.3 Å². The molecule has 0 aliphatic carbocycles. The quantitative estimate of drug-likeness (QED) is 0.609. The lowest BCUT2D eigenvalue weighted by Gasteiger charge is -1.97. The first-order valence-electron chi connectivity index (χ1n) is 5.34. The number of nitrogens with one attached hydrogen (secondary N) is 2. The van der Waals surface area contributed by atoms with Crippen molar-refractivity contribution in [3.63, 3.8) is 0 Å². The fraction of sp³-hybridized carbons (Fsp3) is 0. The normalized spacial score (nSPS) is 10.8. The van der Waals surface area contributed by atoms with Crippen LogP contribution in [0, 0.1) is 0 Å². The lowest BCUT2D eigenvalue weighted by atomic mass is 10.2. The maximum absolute atomic E-state index is 11.5. The Labute approximate surface area is 110 Å². The molecule has 2 rings (SSSR count). The van der Waals surface area contributed by atoms with Crippen LogP contribution in [0.1, 0.15) is 10.4 Å². The number of hydrogen-bond acceptors (Lipinski definition) is 6. The number of rotatable bonds is 3. The van der Waals surface area contributed by atoms with E-state index in [2.05, 4.69) is 15.2 Å². The lowest BCUT2D eigenvalue weighted by Crippen LogP contribution is -2.23. The number of nitrogens with two attached hydrogens (primary N) is 1. The van der Waals surface area contributed by atoms with Crippen LogP contribution in [0.5, 0.6) is 0 Å². The Kier molecular flexibility index (Phi) is 3.42. The first-order chi connectivity index (χ1) is 9.47. The number of aromatic amines is 2. The summed E-state index contributed by atoms with van der Waals surface area (Å²) in [4.78, 5) is 37.3. The molecule has 9 nitrogen and oxygen atoms in total. The highest BCUT2D eigenvalue weighted by Crippen LogP contribution is 2.19. The summed E-state index contributed by atoms with van der Waals surface area (Å²) in [6.45, 7) is 0. The van der Waals surface area contributed by atoms with Gasteiger partial charge in [0.15, 0.2) is 5.69 Å². The van der Waals surface area contributed by atoms with Crippen molar-refractivity contribution in [3.05, 3.63) is 50.7 Å². The molecule has 9 heteroatoms. The average molecular weight is 275 g/mol. The third-order valence-corrected chi connectivity index (χ3v) is 2.30. The molecule has 20 heavy (non-hydrogen) atoms. The molecule has 0 amide bonds. The number of hydrogen-bond donors (Lipinski definition) is 4. The molecular formula is C11H9N5O4. The molecule has 2 aromatic rings. The second-order valence-corrected chi connectivity index (χ2v) is 3.73. The third kappa shape index (κ3) is 2.77. The van der Waals surface area contributed by atoms with Gasteiger partial charge in [0.1, 0.15) is 5.82 Å². The predicted molar refractivity (Wildman–Crippen MR) is 69.7 cm³/mol. The topological polar surface area (TPSA) is 154 Å². The van der Waals surface area contributed by atoms with E-state index in [0.717, 1.165) is 0 Å². The molecule has 0 bridgehead atoms. The van der Waals surface area contributed by atoms with Crippen LogP contribution < -0.4 is 17.0 Å². The Morgan fingerprint density at radius 3 is 2.60 bits per heavy atom. The maximum atomic E-state index is 11.5. The number of carbonyl (C=O) groups is 1. The van der Waals surface area contributed by atoms with E-state index in [4.69, 9.17) is 10.8 Å². The van der Waals surface area contributed by atoms with Gasteiger partial charge in [0.25, 0.3) is 5.56 Å². The number of aromatic nitrogens is 2. The minimum Gasteiger partial charge on any atom is -0.478 e. The Morgan fingerprint density at radius 2 is 1.95 bits per heavy atom. The summed E-state index contributed by atoms with van der Waals surface area (Å²) in [5, 5.41) is 16.1. The first-order valence-corrected chi connectivity index (χ1v) is 5.34. The van der Waals surface area contributed by atoms with E-state index in [-0.39, 0.29) is 22.8 Å². The second kappa shape index (κ2) is 5.18. The summed E-state index contributed by atoms with van der Waals surface area (Å²) in [5.74, 6) is -1.33. The predicted octanol–water partition coefficient (Wildman–Crippen LogP) is 0.759. The van der Waals surface area contributed by atoms with Gasteiger partial charge in [-0.1, -0.05) is 6.07 Å². The van der Waals surface area contributed by atoms with Crippen LogP contribution in [0.25, 0.3) is 0 Å². The van der Waals surface area contributed by atoms with Gasteiger partial charge in [-0.15, -0.1) is 5.11 Å². The molecule has 1 aromatic heterocycles. The van der Waals surface area contributed by atoms with Crippen LogP contribution >= 0.6 is 0 Å². The van der Waals surface area contributed by atoms with Crippen LogP contribution in [-0.2, 0) is 0 Å². The lowest BCUT2D eigenvalue weighted by molar-refractivity contribution is 0.0697. The molecule has 0 fully saturated rings. The van der Waals surface area contributed by atoms with Crippen molar-refractivity contribution in [1.82, 2.24) is 9.97 Å². The van der Waals surface area contributed by atoms with Crippen LogP contribution in [0.3, 0.4) is 0 Å². The molecule has 0 aliphatic rings. The monoisotopic (exact) mass is 275 g/mol. The van der Waals surface area contributed by atoms with Crippen LogP contribution in [0.4, 0.5) is 17.2 Å². The van der Waals surface area contributed by atoms with Crippen molar-refractivity contribution in [2.45, 2.75) is 0 Å². The number of nitrogens with zero attached hydrogens (tertiary/aromatic N) is 2. The highest BCUT2D eigenvalue weighted by molar-refractivity contribution is 5.88. The van der Waals surface area contributed by atoms with E-state index < -0.39 is 17.2 Å². The van der Waals surface area contributed by atoms with E-state index in [1.54, 1.807) is 0 Å². The Bertz CT molecular complexity index is 805. The molecule has 0 saturated carbocycles. The van der Waals surface area contributed by atoms with Gasteiger partial charge in [0, 0.05) is 0 Å². The number of H-pyrrole nitrogens is 2. The smallest absolute Gasteiger partial charge is 0.335 e. The molecule has 102 valence electrons.